The molecule has 0 spiro atoms. The van der Waals surface area contributed by atoms with Crippen molar-refractivity contribution in [3.8, 4) is 0 Å². The molecule has 1 aliphatic carbocycles. The van der Waals surface area contributed by atoms with Crippen molar-refractivity contribution in [3.05, 3.63) is 39.4 Å². The van der Waals surface area contributed by atoms with Crippen LogP contribution in [0.2, 0.25) is 5.02 Å². The number of hydrogen-bond acceptors (Lipinski definition) is 1. The molecule has 2 nitrogen and oxygen atoms in total. The molecule has 1 saturated carbocycles. The zero-order valence-corrected chi connectivity index (χ0v) is 14.4. The Morgan fingerprint density at radius 3 is 2.43 bits per heavy atom. The molecule has 0 bridgehead atoms. The van der Waals surface area contributed by atoms with Crippen molar-refractivity contribution < 1.29 is 18.0 Å². The van der Waals surface area contributed by atoms with Crippen LogP contribution in [0, 0.1) is 17.3 Å². The van der Waals surface area contributed by atoms with Crippen molar-refractivity contribution in [2.24, 2.45) is 17.3 Å². The number of nitrogens with one attached hydrogen (secondary N) is 1. The van der Waals surface area contributed by atoms with Gasteiger partial charge in [-0.2, -0.15) is 13.2 Å². The summed E-state index contributed by atoms with van der Waals surface area (Å²) in [6, 6.07) is 2.78. The summed E-state index contributed by atoms with van der Waals surface area (Å²) in [6.45, 7) is 3.70. The van der Waals surface area contributed by atoms with E-state index in [-0.39, 0.29) is 26.5 Å². The monoisotopic (exact) mass is 385 g/mol. The van der Waals surface area contributed by atoms with Crippen molar-refractivity contribution >= 4 is 46.4 Å². The van der Waals surface area contributed by atoms with E-state index in [9.17, 15) is 18.0 Å². The summed E-state index contributed by atoms with van der Waals surface area (Å²) >= 11 is 17.1. The van der Waals surface area contributed by atoms with Crippen LogP contribution in [0.15, 0.2) is 28.8 Å². The first-order valence-electron chi connectivity index (χ1n) is 6.65. The van der Waals surface area contributed by atoms with Gasteiger partial charge >= 0.3 is 6.18 Å². The maximum absolute atomic E-state index is 12.7. The third-order valence-electron chi connectivity index (χ3n) is 4.05. The first-order valence-corrected chi connectivity index (χ1v) is 7.78. The topological polar surface area (TPSA) is 29.1 Å². The lowest BCUT2D eigenvalue weighted by Gasteiger charge is -2.12. The van der Waals surface area contributed by atoms with Gasteiger partial charge in [-0.1, -0.05) is 48.7 Å². The Morgan fingerprint density at radius 1 is 1.30 bits per heavy atom. The SMILES string of the molecule is CC1(C)[C@@H](C=C(Cl)Cl)[C@@H]1C(=O)Nc1cc(C(F)(F)F)ccc1Cl. The molecule has 0 heterocycles. The van der Waals surface area contributed by atoms with Gasteiger partial charge in [0, 0.05) is 0 Å². The Labute approximate surface area is 146 Å². The highest BCUT2D eigenvalue weighted by Crippen LogP contribution is 2.60. The lowest BCUT2D eigenvalue weighted by molar-refractivity contribution is -0.137. The molecule has 2 atom stereocenters. The minimum atomic E-state index is -4.51. The van der Waals surface area contributed by atoms with Crippen LogP contribution in [0.5, 0.6) is 0 Å². The molecule has 1 aromatic carbocycles. The molecule has 0 aromatic heterocycles. The van der Waals surface area contributed by atoms with Gasteiger partial charge in [-0.25, -0.2) is 0 Å². The normalized spacial score (nSPS) is 22.4. The van der Waals surface area contributed by atoms with E-state index in [2.05, 4.69) is 5.32 Å². The van der Waals surface area contributed by atoms with Gasteiger partial charge in [0.05, 0.1) is 22.2 Å². The van der Waals surface area contributed by atoms with Gasteiger partial charge in [0.2, 0.25) is 5.91 Å². The second kappa shape index (κ2) is 6.19. The van der Waals surface area contributed by atoms with Crippen LogP contribution in [-0.2, 0) is 11.0 Å². The average Bonchev–Trinajstić information content (AvgIpc) is 2.91. The molecule has 0 aliphatic heterocycles. The van der Waals surface area contributed by atoms with Gasteiger partial charge in [-0.05, 0) is 35.6 Å². The molecule has 1 amide bonds. The number of allylic oxidation sites excluding steroid dienone is 1. The minimum Gasteiger partial charge on any atom is -0.324 e. The van der Waals surface area contributed by atoms with E-state index in [1.165, 1.54) is 0 Å². The fourth-order valence-electron chi connectivity index (χ4n) is 2.63. The molecule has 2 rings (SSSR count). The molecular weight excluding hydrogens is 374 g/mol. The van der Waals surface area contributed by atoms with E-state index in [1.54, 1.807) is 6.08 Å². The number of benzene rings is 1. The summed E-state index contributed by atoms with van der Waals surface area (Å²) < 4.78 is 38.3. The summed E-state index contributed by atoms with van der Waals surface area (Å²) in [4.78, 5) is 12.3. The molecule has 1 aliphatic rings. The zero-order chi connectivity index (χ0) is 17.6. The van der Waals surface area contributed by atoms with Gasteiger partial charge < -0.3 is 5.32 Å². The maximum atomic E-state index is 12.7. The molecule has 126 valence electrons. The summed E-state index contributed by atoms with van der Waals surface area (Å²) in [5.74, 6) is -1.05. The van der Waals surface area contributed by atoms with Crippen molar-refractivity contribution in [1.29, 1.82) is 0 Å². The molecule has 1 aromatic rings. The number of carbonyl (C=O) groups excluding carboxylic acids is 1. The summed E-state index contributed by atoms with van der Waals surface area (Å²) in [7, 11) is 0. The van der Waals surface area contributed by atoms with E-state index in [0.717, 1.165) is 18.2 Å². The molecule has 23 heavy (non-hydrogen) atoms. The van der Waals surface area contributed by atoms with Crippen LogP contribution in [-0.4, -0.2) is 5.91 Å². The standard InChI is InChI=1S/C15H13Cl3F3NO/c1-14(2)8(6-11(17)18)12(14)13(23)22-10-5-7(15(19,20)21)3-4-9(10)16/h3-6,8,12H,1-2H3,(H,22,23)/t8-,12+/m0/s1. The highest BCUT2D eigenvalue weighted by molar-refractivity contribution is 6.55. The van der Waals surface area contributed by atoms with Crippen molar-refractivity contribution in [3.63, 3.8) is 0 Å². The van der Waals surface area contributed by atoms with Gasteiger partial charge in [-0.3, -0.25) is 4.79 Å². The molecule has 0 unspecified atom stereocenters. The summed E-state index contributed by atoms with van der Waals surface area (Å²) in [5.41, 5.74) is -1.34. The quantitative estimate of drug-likeness (QED) is 0.689. The van der Waals surface area contributed by atoms with Crippen LogP contribution in [0.4, 0.5) is 18.9 Å². The predicted octanol–water partition coefficient (Wildman–Crippen LogP) is 5.89. The number of halogens is 6. The third-order valence-corrected chi connectivity index (χ3v) is 4.63. The molecule has 1 N–H and O–H groups in total. The molecule has 0 saturated heterocycles. The zero-order valence-electron chi connectivity index (χ0n) is 12.1. The largest absolute Gasteiger partial charge is 0.416 e. The molecule has 1 fully saturated rings. The van der Waals surface area contributed by atoms with E-state index in [0.29, 0.717) is 0 Å². The Hall–Kier alpha value is -0.910. The Kier molecular flexibility index (Phi) is 4.96. The summed E-state index contributed by atoms with van der Waals surface area (Å²) in [6.07, 6.45) is -2.96. The Bertz CT molecular complexity index is 666. The first kappa shape index (κ1) is 18.4. The van der Waals surface area contributed by atoms with Crippen LogP contribution < -0.4 is 5.32 Å². The first-order chi connectivity index (χ1) is 10.4. The highest BCUT2D eigenvalue weighted by atomic mass is 35.5. The maximum Gasteiger partial charge on any atom is 0.416 e. The Balaban J connectivity index is 2.20. The van der Waals surface area contributed by atoms with Crippen molar-refractivity contribution in [1.82, 2.24) is 0 Å². The van der Waals surface area contributed by atoms with E-state index in [4.69, 9.17) is 34.8 Å². The number of carbonyl (C=O) groups is 1. The van der Waals surface area contributed by atoms with Crippen molar-refractivity contribution in [2.75, 3.05) is 5.32 Å². The fraction of sp³-hybridized carbons (Fsp3) is 0.400. The number of amides is 1. The van der Waals surface area contributed by atoms with E-state index >= 15 is 0 Å². The minimum absolute atomic E-state index is 0.0345. The van der Waals surface area contributed by atoms with Gasteiger partial charge in [0.25, 0.3) is 0 Å². The molecule has 0 radical (unpaired) electrons. The lowest BCUT2D eigenvalue weighted by Crippen LogP contribution is -2.18. The van der Waals surface area contributed by atoms with Crippen molar-refractivity contribution in [2.45, 2.75) is 20.0 Å². The Morgan fingerprint density at radius 2 is 1.91 bits per heavy atom. The molecule has 8 heteroatoms. The fourth-order valence-corrected chi connectivity index (χ4v) is 3.07. The number of rotatable bonds is 3. The van der Waals surface area contributed by atoms with Crippen LogP contribution >= 0.6 is 34.8 Å². The second-order valence-electron chi connectivity index (χ2n) is 5.96. The number of anilines is 1. The van der Waals surface area contributed by atoms with Crippen LogP contribution in [0.3, 0.4) is 0 Å². The van der Waals surface area contributed by atoms with Gasteiger partial charge in [-0.15, -0.1) is 0 Å². The lowest BCUT2D eigenvalue weighted by atomic mass is 10.1. The van der Waals surface area contributed by atoms with E-state index in [1.807, 2.05) is 13.8 Å². The molecular formula is C15H13Cl3F3NO. The highest BCUT2D eigenvalue weighted by Gasteiger charge is 2.60. The predicted molar refractivity (Wildman–Crippen MR) is 85.6 cm³/mol. The average molecular weight is 387 g/mol. The third kappa shape index (κ3) is 3.95. The van der Waals surface area contributed by atoms with Crippen LogP contribution in [0.25, 0.3) is 0 Å². The van der Waals surface area contributed by atoms with Gasteiger partial charge in [0.15, 0.2) is 0 Å². The smallest absolute Gasteiger partial charge is 0.324 e. The van der Waals surface area contributed by atoms with Gasteiger partial charge in [0.1, 0.15) is 4.49 Å². The second-order valence-corrected chi connectivity index (χ2v) is 7.38. The number of hydrogen-bond donors (Lipinski definition) is 1. The van der Waals surface area contributed by atoms with Crippen LogP contribution in [0.1, 0.15) is 19.4 Å². The number of alkyl halides is 3. The van der Waals surface area contributed by atoms with E-state index < -0.39 is 23.6 Å². The summed E-state index contributed by atoms with van der Waals surface area (Å²) in [5, 5.41) is 2.49.